The molecule has 9 heteroatoms. The summed E-state index contributed by atoms with van der Waals surface area (Å²) in [5, 5.41) is 9.21. The van der Waals surface area contributed by atoms with E-state index in [4.69, 9.17) is 4.74 Å². The lowest BCUT2D eigenvalue weighted by Gasteiger charge is -2.35. The SMILES string of the molecule is CCOc1ccc(-c2cc(N3CCN(C(=O)c4cc(-c5cccs5)[nH]n4)CC3)ncn2)cc1. The predicted octanol–water partition coefficient (Wildman–Crippen LogP) is 3.96. The summed E-state index contributed by atoms with van der Waals surface area (Å²) >= 11 is 1.62. The first kappa shape index (κ1) is 21.1. The molecule has 5 rings (SSSR count). The first-order valence-corrected chi connectivity index (χ1v) is 11.8. The Morgan fingerprint density at radius 1 is 1.09 bits per heavy atom. The third-order valence-corrected chi connectivity index (χ3v) is 6.49. The van der Waals surface area contributed by atoms with Crippen molar-refractivity contribution in [2.45, 2.75) is 6.92 Å². The van der Waals surface area contributed by atoms with Crippen molar-refractivity contribution in [3.05, 3.63) is 65.9 Å². The fourth-order valence-corrected chi connectivity index (χ4v) is 4.55. The summed E-state index contributed by atoms with van der Waals surface area (Å²) < 4.78 is 5.52. The molecule has 0 unspecified atom stereocenters. The van der Waals surface area contributed by atoms with Gasteiger partial charge in [-0.05, 0) is 48.7 Å². The molecule has 3 aromatic heterocycles. The number of anilines is 1. The van der Waals surface area contributed by atoms with Gasteiger partial charge in [0.2, 0.25) is 0 Å². The molecule has 168 valence electrons. The molecule has 0 bridgehead atoms. The van der Waals surface area contributed by atoms with Crippen molar-refractivity contribution in [1.29, 1.82) is 0 Å². The molecule has 1 amide bonds. The lowest BCUT2D eigenvalue weighted by molar-refractivity contribution is 0.0740. The zero-order chi connectivity index (χ0) is 22.6. The average Bonchev–Trinajstić information content (AvgIpc) is 3.57. The van der Waals surface area contributed by atoms with E-state index in [0.717, 1.165) is 33.4 Å². The summed E-state index contributed by atoms with van der Waals surface area (Å²) in [4.78, 5) is 26.9. The van der Waals surface area contributed by atoms with Gasteiger partial charge in [-0.15, -0.1) is 11.3 Å². The highest BCUT2D eigenvalue weighted by molar-refractivity contribution is 7.13. The number of H-pyrrole nitrogens is 1. The Hall–Kier alpha value is -3.72. The van der Waals surface area contributed by atoms with Gasteiger partial charge in [0.15, 0.2) is 5.69 Å². The summed E-state index contributed by atoms with van der Waals surface area (Å²) in [5.74, 6) is 1.66. The molecule has 4 aromatic rings. The first-order valence-electron chi connectivity index (χ1n) is 10.9. The van der Waals surface area contributed by atoms with E-state index in [0.29, 0.717) is 38.5 Å². The smallest absolute Gasteiger partial charge is 0.274 e. The summed E-state index contributed by atoms with van der Waals surface area (Å²) in [5.41, 5.74) is 3.19. The summed E-state index contributed by atoms with van der Waals surface area (Å²) in [6.45, 7) is 5.24. The lowest BCUT2D eigenvalue weighted by atomic mass is 10.1. The Labute approximate surface area is 195 Å². The molecular formula is C24H24N6O2S. The molecule has 0 saturated carbocycles. The van der Waals surface area contributed by atoms with Gasteiger partial charge in [-0.3, -0.25) is 9.89 Å². The number of nitrogens with zero attached hydrogens (tertiary/aromatic N) is 5. The van der Waals surface area contributed by atoms with Crippen LogP contribution in [0, 0.1) is 0 Å². The van der Waals surface area contributed by atoms with Gasteiger partial charge in [-0.25, -0.2) is 9.97 Å². The minimum atomic E-state index is -0.0496. The van der Waals surface area contributed by atoms with E-state index in [1.807, 2.05) is 65.7 Å². The highest BCUT2D eigenvalue weighted by Gasteiger charge is 2.25. The van der Waals surface area contributed by atoms with Gasteiger partial charge in [0.25, 0.3) is 5.91 Å². The van der Waals surface area contributed by atoms with Crippen LogP contribution in [0.3, 0.4) is 0 Å². The Balaban J connectivity index is 1.23. The second-order valence-electron chi connectivity index (χ2n) is 7.64. The molecule has 0 atom stereocenters. The van der Waals surface area contributed by atoms with Crippen molar-refractivity contribution in [3.63, 3.8) is 0 Å². The standard InChI is InChI=1S/C24H24N6O2S/c1-2-32-18-7-5-17(6-8-18)19-15-23(26-16-25-19)29-9-11-30(12-10-29)24(31)21-14-20(27-28-21)22-4-3-13-33-22/h3-8,13-16H,2,9-12H2,1H3,(H,27,28). The molecular weight excluding hydrogens is 436 g/mol. The van der Waals surface area contributed by atoms with E-state index in [1.54, 1.807) is 17.7 Å². The van der Waals surface area contributed by atoms with Gasteiger partial charge < -0.3 is 14.5 Å². The third-order valence-electron chi connectivity index (χ3n) is 5.59. The van der Waals surface area contributed by atoms with Crippen LogP contribution in [0.5, 0.6) is 5.75 Å². The van der Waals surface area contributed by atoms with Crippen LogP contribution in [0.2, 0.25) is 0 Å². The predicted molar refractivity (Wildman–Crippen MR) is 129 cm³/mol. The molecule has 0 radical (unpaired) electrons. The molecule has 1 fully saturated rings. The second kappa shape index (κ2) is 9.41. The molecule has 33 heavy (non-hydrogen) atoms. The van der Waals surface area contributed by atoms with E-state index in [2.05, 4.69) is 25.1 Å². The number of aromatic amines is 1. The number of benzene rings is 1. The quantitative estimate of drug-likeness (QED) is 0.469. The van der Waals surface area contributed by atoms with Crippen LogP contribution >= 0.6 is 11.3 Å². The number of rotatable bonds is 6. The van der Waals surface area contributed by atoms with Crippen molar-refractivity contribution >= 4 is 23.1 Å². The maximum atomic E-state index is 12.9. The number of carbonyl (C=O) groups excluding carboxylic acids is 1. The third kappa shape index (κ3) is 4.58. The van der Waals surface area contributed by atoms with Crippen LogP contribution in [0.15, 0.2) is 60.2 Å². The zero-order valence-electron chi connectivity index (χ0n) is 18.3. The van der Waals surface area contributed by atoms with E-state index >= 15 is 0 Å². The maximum Gasteiger partial charge on any atom is 0.274 e. The molecule has 0 spiro atoms. The number of piperazine rings is 1. The molecule has 8 nitrogen and oxygen atoms in total. The fourth-order valence-electron chi connectivity index (χ4n) is 3.86. The van der Waals surface area contributed by atoms with Gasteiger partial charge in [0.1, 0.15) is 17.9 Å². The van der Waals surface area contributed by atoms with E-state index in [-0.39, 0.29) is 5.91 Å². The molecule has 1 aromatic carbocycles. The minimum absolute atomic E-state index is 0.0496. The monoisotopic (exact) mass is 460 g/mol. The highest BCUT2D eigenvalue weighted by Crippen LogP contribution is 2.25. The van der Waals surface area contributed by atoms with Crippen LogP contribution < -0.4 is 9.64 Å². The molecule has 0 aliphatic carbocycles. The van der Waals surface area contributed by atoms with Crippen molar-refractivity contribution in [2.24, 2.45) is 0 Å². The molecule has 1 N–H and O–H groups in total. The van der Waals surface area contributed by atoms with E-state index in [9.17, 15) is 4.79 Å². The number of nitrogens with one attached hydrogen (secondary N) is 1. The first-order chi connectivity index (χ1) is 16.2. The average molecular weight is 461 g/mol. The van der Waals surface area contributed by atoms with Crippen molar-refractivity contribution in [2.75, 3.05) is 37.7 Å². The Bertz CT molecular complexity index is 1210. The Kier molecular flexibility index (Phi) is 6.03. The summed E-state index contributed by atoms with van der Waals surface area (Å²) in [7, 11) is 0. The van der Waals surface area contributed by atoms with Crippen LogP contribution in [0.25, 0.3) is 21.8 Å². The zero-order valence-corrected chi connectivity index (χ0v) is 19.1. The normalized spacial score (nSPS) is 13.8. The lowest BCUT2D eigenvalue weighted by Crippen LogP contribution is -2.49. The Morgan fingerprint density at radius 2 is 1.91 bits per heavy atom. The Morgan fingerprint density at radius 3 is 2.64 bits per heavy atom. The van der Waals surface area contributed by atoms with Gasteiger partial charge in [-0.1, -0.05) is 6.07 Å². The van der Waals surface area contributed by atoms with Gasteiger partial charge in [-0.2, -0.15) is 5.10 Å². The topological polar surface area (TPSA) is 87.2 Å². The van der Waals surface area contributed by atoms with Crippen LogP contribution in [0.1, 0.15) is 17.4 Å². The van der Waals surface area contributed by atoms with E-state index < -0.39 is 0 Å². The number of carbonyl (C=O) groups is 1. The van der Waals surface area contributed by atoms with Crippen molar-refractivity contribution in [3.8, 4) is 27.6 Å². The van der Waals surface area contributed by atoms with E-state index in [1.165, 1.54) is 0 Å². The number of amides is 1. The second-order valence-corrected chi connectivity index (χ2v) is 8.59. The molecule has 1 saturated heterocycles. The van der Waals surface area contributed by atoms with Gasteiger partial charge in [0.05, 0.1) is 22.9 Å². The fraction of sp³-hybridized carbons (Fsp3) is 0.250. The van der Waals surface area contributed by atoms with Crippen molar-refractivity contribution < 1.29 is 9.53 Å². The number of aromatic nitrogens is 4. The summed E-state index contributed by atoms with van der Waals surface area (Å²) in [6.07, 6.45) is 1.59. The number of hydrogen-bond acceptors (Lipinski definition) is 7. The largest absolute Gasteiger partial charge is 0.494 e. The van der Waals surface area contributed by atoms with Crippen LogP contribution in [-0.4, -0.2) is 63.8 Å². The molecule has 1 aliphatic heterocycles. The minimum Gasteiger partial charge on any atom is -0.494 e. The summed E-state index contributed by atoms with van der Waals surface area (Å²) in [6, 6.07) is 15.7. The van der Waals surface area contributed by atoms with Gasteiger partial charge in [0, 0.05) is 37.8 Å². The van der Waals surface area contributed by atoms with Gasteiger partial charge >= 0.3 is 0 Å². The molecule has 4 heterocycles. The number of thiophene rings is 1. The van der Waals surface area contributed by atoms with Crippen LogP contribution in [-0.2, 0) is 0 Å². The van der Waals surface area contributed by atoms with Crippen molar-refractivity contribution in [1.82, 2.24) is 25.1 Å². The number of ether oxygens (including phenoxy) is 1. The highest BCUT2D eigenvalue weighted by atomic mass is 32.1. The molecule has 1 aliphatic rings. The maximum absolute atomic E-state index is 12.9. The van der Waals surface area contributed by atoms with Crippen LogP contribution in [0.4, 0.5) is 5.82 Å². The number of hydrogen-bond donors (Lipinski definition) is 1.